The zero-order chi connectivity index (χ0) is 19.4. The van der Waals surface area contributed by atoms with Crippen LogP contribution in [0.5, 0.6) is 0 Å². The molecule has 2 aromatic heterocycles. The molecule has 0 radical (unpaired) electrons. The number of anilines is 2. The van der Waals surface area contributed by atoms with Gasteiger partial charge in [-0.05, 0) is 39.1 Å². The second-order valence-corrected chi connectivity index (χ2v) is 8.45. The van der Waals surface area contributed by atoms with Gasteiger partial charge in [0.15, 0.2) is 5.78 Å². The predicted octanol–water partition coefficient (Wildman–Crippen LogP) is 3.11. The summed E-state index contributed by atoms with van der Waals surface area (Å²) in [4.78, 5) is 35.6. The summed E-state index contributed by atoms with van der Waals surface area (Å²) in [6.07, 6.45) is 2.07. The number of amides is 1. The van der Waals surface area contributed by atoms with E-state index in [1.165, 1.54) is 0 Å². The van der Waals surface area contributed by atoms with Crippen LogP contribution in [0.3, 0.4) is 0 Å². The SMILES string of the molecule is Cc1cc(C(=O)CCC(=O)Nc2ccc(N3CCN(C)CC3)nc2)c(C)s1. The standard InChI is InChI=1S/C20H26N4O2S/c1-14-12-17(15(2)27-14)18(25)5-7-20(26)22-16-4-6-19(21-13-16)24-10-8-23(3)9-11-24/h4,6,12-13H,5,7-11H2,1-3H3,(H,22,26). The maximum absolute atomic E-state index is 12.3. The highest BCUT2D eigenvalue weighted by molar-refractivity contribution is 7.12. The van der Waals surface area contributed by atoms with Crippen LogP contribution in [0.2, 0.25) is 0 Å². The lowest BCUT2D eigenvalue weighted by molar-refractivity contribution is -0.116. The van der Waals surface area contributed by atoms with E-state index in [1.54, 1.807) is 17.5 Å². The number of piperazine rings is 1. The molecule has 144 valence electrons. The number of hydrogen-bond acceptors (Lipinski definition) is 6. The second kappa shape index (κ2) is 8.63. The molecule has 27 heavy (non-hydrogen) atoms. The number of aryl methyl sites for hydroxylation is 2. The van der Waals surface area contributed by atoms with E-state index in [1.807, 2.05) is 32.0 Å². The smallest absolute Gasteiger partial charge is 0.224 e. The van der Waals surface area contributed by atoms with Gasteiger partial charge in [-0.1, -0.05) is 0 Å². The van der Waals surface area contributed by atoms with Crippen molar-refractivity contribution in [3.63, 3.8) is 0 Å². The molecule has 3 rings (SSSR count). The maximum Gasteiger partial charge on any atom is 0.224 e. The van der Waals surface area contributed by atoms with Gasteiger partial charge >= 0.3 is 0 Å². The number of carbonyl (C=O) groups is 2. The number of hydrogen-bond donors (Lipinski definition) is 1. The first-order valence-corrected chi connectivity index (χ1v) is 10.0. The highest BCUT2D eigenvalue weighted by atomic mass is 32.1. The monoisotopic (exact) mass is 386 g/mol. The topological polar surface area (TPSA) is 65.5 Å². The first-order valence-electron chi connectivity index (χ1n) is 9.22. The molecule has 1 fully saturated rings. The number of carbonyl (C=O) groups excluding carboxylic acids is 2. The molecule has 3 heterocycles. The quantitative estimate of drug-likeness (QED) is 0.773. The number of thiophene rings is 1. The minimum Gasteiger partial charge on any atom is -0.354 e. The second-order valence-electron chi connectivity index (χ2n) is 6.99. The Kier molecular flexibility index (Phi) is 6.23. The van der Waals surface area contributed by atoms with Gasteiger partial charge in [0.2, 0.25) is 5.91 Å². The van der Waals surface area contributed by atoms with E-state index in [2.05, 4.69) is 27.1 Å². The molecule has 0 aliphatic carbocycles. The molecule has 1 aliphatic rings. The van der Waals surface area contributed by atoms with Crippen LogP contribution in [0.25, 0.3) is 0 Å². The predicted molar refractivity (Wildman–Crippen MR) is 110 cm³/mol. The Bertz CT molecular complexity index is 808. The zero-order valence-electron chi connectivity index (χ0n) is 16.1. The molecule has 0 atom stereocenters. The van der Waals surface area contributed by atoms with Crippen LogP contribution in [0.15, 0.2) is 24.4 Å². The Morgan fingerprint density at radius 2 is 1.89 bits per heavy atom. The number of rotatable bonds is 6. The van der Waals surface area contributed by atoms with Crippen molar-refractivity contribution < 1.29 is 9.59 Å². The molecule has 1 N–H and O–H groups in total. The van der Waals surface area contributed by atoms with Gasteiger partial charge in [-0.15, -0.1) is 11.3 Å². The van der Waals surface area contributed by atoms with E-state index in [-0.39, 0.29) is 24.5 Å². The number of Topliss-reactive ketones (excluding diaryl/α,β-unsaturated/α-hetero) is 1. The van der Waals surface area contributed by atoms with E-state index < -0.39 is 0 Å². The van der Waals surface area contributed by atoms with Gasteiger partial charge in [0.25, 0.3) is 0 Å². The third kappa shape index (κ3) is 5.14. The molecule has 1 aliphatic heterocycles. The lowest BCUT2D eigenvalue weighted by Gasteiger charge is -2.33. The largest absolute Gasteiger partial charge is 0.354 e. The number of nitrogens with one attached hydrogen (secondary N) is 1. The van der Waals surface area contributed by atoms with Gasteiger partial charge in [-0.25, -0.2) is 4.98 Å². The molecule has 0 aromatic carbocycles. The fourth-order valence-corrected chi connectivity index (χ4v) is 4.12. The van der Waals surface area contributed by atoms with Crippen molar-refractivity contribution in [3.05, 3.63) is 39.7 Å². The number of nitrogens with zero attached hydrogens (tertiary/aromatic N) is 3. The number of pyridine rings is 1. The molecule has 0 bridgehead atoms. The highest BCUT2D eigenvalue weighted by Gasteiger charge is 2.16. The van der Waals surface area contributed by atoms with Crippen LogP contribution in [-0.4, -0.2) is 54.8 Å². The zero-order valence-corrected chi connectivity index (χ0v) is 16.9. The molecule has 0 spiro atoms. The van der Waals surface area contributed by atoms with Crippen molar-refractivity contribution in [1.29, 1.82) is 0 Å². The van der Waals surface area contributed by atoms with Gasteiger partial charge in [0, 0.05) is 54.3 Å². The third-order valence-corrected chi connectivity index (χ3v) is 5.75. The molecule has 1 amide bonds. The maximum atomic E-state index is 12.3. The fraction of sp³-hybridized carbons (Fsp3) is 0.450. The minimum absolute atomic E-state index is 0.0236. The minimum atomic E-state index is -0.165. The summed E-state index contributed by atoms with van der Waals surface area (Å²) >= 11 is 1.61. The van der Waals surface area contributed by atoms with Gasteiger partial charge in [0.05, 0.1) is 11.9 Å². The van der Waals surface area contributed by atoms with Crippen molar-refractivity contribution >= 4 is 34.5 Å². The van der Waals surface area contributed by atoms with Crippen LogP contribution in [0.1, 0.15) is 33.0 Å². The van der Waals surface area contributed by atoms with Gasteiger partial charge in [-0.3, -0.25) is 9.59 Å². The van der Waals surface area contributed by atoms with Crippen molar-refractivity contribution in [3.8, 4) is 0 Å². The first-order chi connectivity index (χ1) is 12.9. The van der Waals surface area contributed by atoms with E-state index in [0.717, 1.165) is 47.3 Å². The Hall–Kier alpha value is -2.25. The van der Waals surface area contributed by atoms with Crippen molar-refractivity contribution in [1.82, 2.24) is 9.88 Å². The van der Waals surface area contributed by atoms with Crippen molar-refractivity contribution in [2.45, 2.75) is 26.7 Å². The number of aromatic nitrogens is 1. The summed E-state index contributed by atoms with van der Waals surface area (Å²) in [5.74, 6) is 0.789. The summed E-state index contributed by atoms with van der Waals surface area (Å²) in [7, 11) is 2.12. The fourth-order valence-electron chi connectivity index (χ4n) is 3.18. The van der Waals surface area contributed by atoms with E-state index in [0.29, 0.717) is 5.69 Å². The highest BCUT2D eigenvalue weighted by Crippen LogP contribution is 2.22. The first kappa shape index (κ1) is 19.5. The number of ketones is 1. The average Bonchev–Trinajstić information content (AvgIpc) is 2.99. The van der Waals surface area contributed by atoms with Gasteiger partial charge < -0.3 is 15.1 Å². The van der Waals surface area contributed by atoms with Crippen LogP contribution in [0, 0.1) is 13.8 Å². The normalized spacial score (nSPS) is 15.0. The Labute approximate surface area is 164 Å². The van der Waals surface area contributed by atoms with Gasteiger partial charge in [0.1, 0.15) is 5.82 Å². The molecule has 7 heteroatoms. The molecule has 0 unspecified atom stereocenters. The van der Waals surface area contributed by atoms with E-state index in [4.69, 9.17) is 0 Å². The molecule has 2 aromatic rings. The van der Waals surface area contributed by atoms with Crippen molar-refractivity contribution in [2.75, 3.05) is 43.4 Å². The van der Waals surface area contributed by atoms with Crippen LogP contribution >= 0.6 is 11.3 Å². The molecule has 6 nitrogen and oxygen atoms in total. The average molecular weight is 387 g/mol. The van der Waals surface area contributed by atoms with Crippen LogP contribution in [-0.2, 0) is 4.79 Å². The summed E-state index contributed by atoms with van der Waals surface area (Å²) in [6.45, 7) is 7.89. The van der Waals surface area contributed by atoms with E-state index >= 15 is 0 Å². The lowest BCUT2D eigenvalue weighted by Crippen LogP contribution is -2.44. The van der Waals surface area contributed by atoms with Crippen molar-refractivity contribution in [2.24, 2.45) is 0 Å². The Morgan fingerprint density at radius 1 is 1.15 bits per heavy atom. The summed E-state index contributed by atoms with van der Waals surface area (Å²) in [5.41, 5.74) is 1.40. The molecule has 0 saturated carbocycles. The van der Waals surface area contributed by atoms with Crippen LogP contribution < -0.4 is 10.2 Å². The third-order valence-electron chi connectivity index (χ3n) is 4.78. The summed E-state index contributed by atoms with van der Waals surface area (Å²) < 4.78 is 0. The van der Waals surface area contributed by atoms with Crippen LogP contribution in [0.4, 0.5) is 11.5 Å². The summed E-state index contributed by atoms with van der Waals surface area (Å²) in [6, 6.07) is 5.71. The Morgan fingerprint density at radius 3 is 2.48 bits per heavy atom. The summed E-state index contributed by atoms with van der Waals surface area (Å²) in [5, 5.41) is 2.83. The number of likely N-dealkylation sites (N-methyl/N-ethyl adjacent to an activating group) is 1. The molecular formula is C20H26N4O2S. The lowest BCUT2D eigenvalue weighted by atomic mass is 10.1. The molecule has 1 saturated heterocycles. The Balaban J connectivity index is 1.49. The van der Waals surface area contributed by atoms with E-state index in [9.17, 15) is 9.59 Å². The molecular weight excluding hydrogens is 360 g/mol. The van der Waals surface area contributed by atoms with Gasteiger partial charge in [-0.2, -0.15) is 0 Å².